The van der Waals surface area contributed by atoms with Gasteiger partial charge in [0, 0.05) is 20.5 Å². The van der Waals surface area contributed by atoms with E-state index in [2.05, 4.69) is 14.5 Å². The molecule has 0 aromatic carbocycles. The maximum atomic E-state index is 11.8. The van der Waals surface area contributed by atoms with E-state index in [0.717, 1.165) is 5.57 Å². The number of hydrogen-bond acceptors (Lipinski definition) is 6. The van der Waals surface area contributed by atoms with Crippen LogP contribution in [0.15, 0.2) is 27.9 Å². The molecule has 0 aromatic rings. The molecule has 1 aliphatic rings. The monoisotopic (exact) mass is 266 g/mol. The largest absolute Gasteiger partial charge is 0.466 e. The normalized spacial score (nSPS) is 15.2. The van der Waals surface area contributed by atoms with Gasteiger partial charge in [0.25, 0.3) is 0 Å². The first-order valence-electron chi connectivity index (χ1n) is 5.75. The summed E-state index contributed by atoms with van der Waals surface area (Å²) in [6, 6.07) is 0. The number of methoxy groups -OCH3 is 2. The maximum Gasteiger partial charge on any atom is 0.357 e. The number of rotatable bonds is 2. The van der Waals surface area contributed by atoms with Crippen molar-refractivity contribution in [2.75, 3.05) is 28.3 Å². The summed E-state index contributed by atoms with van der Waals surface area (Å²) in [4.78, 5) is 29.6. The lowest BCUT2D eigenvalue weighted by atomic mass is 10.1. The molecule has 0 radical (unpaired) electrons. The van der Waals surface area contributed by atoms with Crippen molar-refractivity contribution in [3.05, 3.63) is 22.9 Å². The summed E-state index contributed by atoms with van der Waals surface area (Å²) in [5.41, 5.74) is 1.07. The molecular formula is C13H18N2O4. The molecule has 0 N–H and O–H groups in total. The van der Waals surface area contributed by atoms with Gasteiger partial charge in [0.1, 0.15) is 5.84 Å². The highest BCUT2D eigenvalue weighted by atomic mass is 16.5. The summed E-state index contributed by atoms with van der Waals surface area (Å²) in [6.45, 7) is 1.87. The number of amidine groups is 1. The highest BCUT2D eigenvalue weighted by Gasteiger charge is 2.25. The average molecular weight is 266 g/mol. The van der Waals surface area contributed by atoms with Gasteiger partial charge in [-0.15, -0.1) is 0 Å². The summed E-state index contributed by atoms with van der Waals surface area (Å²) in [6.07, 6.45) is 2.12. The molecule has 0 fully saturated rings. The number of allylic oxidation sites excluding steroid dienone is 1. The second-order valence-electron chi connectivity index (χ2n) is 4.23. The summed E-state index contributed by atoms with van der Waals surface area (Å²) < 4.78 is 9.36. The van der Waals surface area contributed by atoms with Crippen LogP contribution in [0.1, 0.15) is 13.3 Å². The van der Waals surface area contributed by atoms with Crippen molar-refractivity contribution < 1.29 is 19.1 Å². The molecule has 6 nitrogen and oxygen atoms in total. The molecule has 1 heterocycles. The first-order valence-corrected chi connectivity index (χ1v) is 5.75. The van der Waals surface area contributed by atoms with Gasteiger partial charge in [0.2, 0.25) is 0 Å². The Morgan fingerprint density at radius 2 is 1.79 bits per heavy atom. The van der Waals surface area contributed by atoms with E-state index in [0.29, 0.717) is 5.84 Å². The van der Waals surface area contributed by atoms with Crippen LogP contribution in [0.2, 0.25) is 0 Å². The van der Waals surface area contributed by atoms with Crippen LogP contribution in [-0.4, -0.2) is 51.0 Å². The Balaban J connectivity index is 3.42. The van der Waals surface area contributed by atoms with Crippen LogP contribution < -0.4 is 0 Å². The van der Waals surface area contributed by atoms with Crippen molar-refractivity contribution in [3.8, 4) is 0 Å². The van der Waals surface area contributed by atoms with Crippen LogP contribution >= 0.6 is 0 Å². The zero-order valence-electron chi connectivity index (χ0n) is 11.8. The average Bonchev–Trinajstić information content (AvgIpc) is 2.56. The zero-order chi connectivity index (χ0) is 14.6. The smallest absolute Gasteiger partial charge is 0.357 e. The molecule has 104 valence electrons. The minimum atomic E-state index is -0.650. The predicted octanol–water partition coefficient (Wildman–Crippen LogP) is 0.897. The molecule has 0 bridgehead atoms. The van der Waals surface area contributed by atoms with Crippen molar-refractivity contribution in [2.24, 2.45) is 4.99 Å². The molecule has 0 atom stereocenters. The number of hydrogen-bond donors (Lipinski definition) is 0. The number of ether oxygens (including phenoxy) is 2. The third-order valence-corrected chi connectivity index (χ3v) is 2.70. The highest BCUT2D eigenvalue weighted by molar-refractivity contribution is 6.06. The van der Waals surface area contributed by atoms with E-state index in [1.54, 1.807) is 4.90 Å². The fourth-order valence-corrected chi connectivity index (χ4v) is 1.73. The lowest BCUT2D eigenvalue weighted by Gasteiger charge is -2.15. The van der Waals surface area contributed by atoms with Gasteiger partial charge < -0.3 is 14.4 Å². The minimum absolute atomic E-state index is 0.00819. The number of nitrogens with zero attached hydrogens (tertiary/aromatic N) is 2. The lowest BCUT2D eigenvalue weighted by Crippen LogP contribution is -2.24. The van der Waals surface area contributed by atoms with Crippen molar-refractivity contribution in [1.29, 1.82) is 0 Å². The minimum Gasteiger partial charge on any atom is -0.466 e. The molecule has 6 heteroatoms. The molecule has 0 aromatic heterocycles. The maximum absolute atomic E-state index is 11.8. The van der Waals surface area contributed by atoms with Crippen molar-refractivity contribution in [3.63, 3.8) is 0 Å². The molecule has 1 rings (SSSR count). The van der Waals surface area contributed by atoms with Crippen LogP contribution in [0.4, 0.5) is 0 Å². The van der Waals surface area contributed by atoms with Gasteiger partial charge in [-0.1, -0.05) is 6.08 Å². The van der Waals surface area contributed by atoms with E-state index in [9.17, 15) is 9.59 Å². The first kappa shape index (κ1) is 14.9. The van der Waals surface area contributed by atoms with E-state index >= 15 is 0 Å². The molecule has 0 aliphatic carbocycles. The Morgan fingerprint density at radius 3 is 2.26 bits per heavy atom. The van der Waals surface area contributed by atoms with Gasteiger partial charge in [-0.3, -0.25) is 0 Å². The molecular weight excluding hydrogens is 248 g/mol. The van der Waals surface area contributed by atoms with Gasteiger partial charge in [0.05, 0.1) is 19.8 Å². The third-order valence-electron chi connectivity index (χ3n) is 2.70. The van der Waals surface area contributed by atoms with Gasteiger partial charge in [-0.05, 0) is 12.5 Å². The Hall–Kier alpha value is -2.11. The van der Waals surface area contributed by atoms with Crippen molar-refractivity contribution in [1.82, 2.24) is 4.90 Å². The molecule has 0 saturated heterocycles. The van der Waals surface area contributed by atoms with E-state index in [1.807, 2.05) is 27.1 Å². The van der Waals surface area contributed by atoms with E-state index in [1.165, 1.54) is 14.2 Å². The fourth-order valence-electron chi connectivity index (χ4n) is 1.73. The van der Waals surface area contributed by atoms with Crippen LogP contribution in [0, 0.1) is 0 Å². The quantitative estimate of drug-likeness (QED) is 0.694. The second-order valence-corrected chi connectivity index (χ2v) is 4.23. The Kier molecular flexibility index (Phi) is 4.86. The second kappa shape index (κ2) is 6.17. The van der Waals surface area contributed by atoms with Gasteiger partial charge in [0.15, 0.2) is 5.70 Å². The van der Waals surface area contributed by atoms with Crippen LogP contribution in [0.5, 0.6) is 0 Å². The number of carbonyl (C=O) groups is 2. The molecule has 0 amide bonds. The highest BCUT2D eigenvalue weighted by Crippen LogP contribution is 2.21. The summed E-state index contributed by atoms with van der Waals surface area (Å²) >= 11 is 0. The van der Waals surface area contributed by atoms with Crippen LogP contribution in [0.25, 0.3) is 0 Å². The standard InChI is InChI=1S/C13H18N2O4/c1-8-6-7-9(12(16)18-4)10(13(17)19-5)14-11(8)15(2)3/h6H,7H2,1-5H3. The van der Waals surface area contributed by atoms with Gasteiger partial charge >= 0.3 is 11.9 Å². The number of carbonyl (C=O) groups excluding carboxylic acids is 2. The third kappa shape index (κ3) is 3.21. The molecule has 0 spiro atoms. The van der Waals surface area contributed by atoms with E-state index in [4.69, 9.17) is 0 Å². The molecule has 0 saturated carbocycles. The number of likely N-dealkylation sites (N-methyl/N-ethyl adjacent to an activating group) is 1. The molecule has 0 unspecified atom stereocenters. The SMILES string of the molecule is COC(=O)C1=C(C(=O)OC)N=C(N(C)C)C(C)=CC1. The summed E-state index contributed by atoms with van der Waals surface area (Å²) in [5, 5.41) is 0. The topological polar surface area (TPSA) is 68.2 Å². The summed E-state index contributed by atoms with van der Waals surface area (Å²) in [7, 11) is 6.14. The number of aliphatic imine (C=N–C) groups is 1. The van der Waals surface area contributed by atoms with Crippen molar-refractivity contribution >= 4 is 17.8 Å². The summed E-state index contributed by atoms with van der Waals surface area (Å²) in [5.74, 6) is -0.615. The van der Waals surface area contributed by atoms with Crippen LogP contribution in [0.3, 0.4) is 0 Å². The molecule has 19 heavy (non-hydrogen) atoms. The van der Waals surface area contributed by atoms with Gasteiger partial charge in [-0.25, -0.2) is 14.6 Å². The first-order chi connectivity index (χ1) is 8.92. The zero-order valence-corrected chi connectivity index (χ0v) is 11.8. The fraction of sp³-hybridized carbons (Fsp3) is 0.462. The predicted molar refractivity (Wildman–Crippen MR) is 70.6 cm³/mol. The Labute approximate surface area is 112 Å². The van der Waals surface area contributed by atoms with E-state index < -0.39 is 11.9 Å². The Morgan fingerprint density at radius 1 is 1.21 bits per heavy atom. The number of esters is 2. The Bertz CT molecular complexity index is 487. The van der Waals surface area contributed by atoms with Crippen molar-refractivity contribution in [2.45, 2.75) is 13.3 Å². The van der Waals surface area contributed by atoms with Crippen LogP contribution in [-0.2, 0) is 19.1 Å². The molecule has 1 aliphatic heterocycles. The lowest BCUT2D eigenvalue weighted by molar-refractivity contribution is -0.139. The van der Waals surface area contributed by atoms with Gasteiger partial charge in [-0.2, -0.15) is 0 Å². The van der Waals surface area contributed by atoms with E-state index in [-0.39, 0.29) is 17.7 Å².